The first-order valence-electron chi connectivity index (χ1n) is 8.44. The monoisotopic (exact) mass is 337 g/mol. The van der Waals surface area contributed by atoms with Crippen molar-refractivity contribution in [3.63, 3.8) is 0 Å². The van der Waals surface area contributed by atoms with Crippen LogP contribution in [0.25, 0.3) is 0 Å². The van der Waals surface area contributed by atoms with Crippen LogP contribution in [0.1, 0.15) is 37.9 Å². The molecule has 3 atom stereocenters. The van der Waals surface area contributed by atoms with Gasteiger partial charge < -0.3 is 14.7 Å². The fraction of sp³-hybridized carbons (Fsp3) is 0.611. The van der Waals surface area contributed by atoms with Gasteiger partial charge in [0.25, 0.3) is 0 Å². The van der Waals surface area contributed by atoms with Gasteiger partial charge in [0.05, 0.1) is 18.1 Å². The fourth-order valence-corrected chi connectivity index (χ4v) is 3.56. The van der Waals surface area contributed by atoms with Crippen molar-refractivity contribution in [3.05, 3.63) is 34.9 Å². The van der Waals surface area contributed by atoms with Gasteiger partial charge in [-0.15, -0.1) is 0 Å². The molecule has 1 heterocycles. The number of nitrogens with zero attached hydrogens (tertiary/aromatic N) is 1. The number of likely N-dealkylation sites (tertiary alicyclic amines) is 1. The van der Waals surface area contributed by atoms with E-state index in [2.05, 4.69) is 0 Å². The van der Waals surface area contributed by atoms with Gasteiger partial charge in [-0.05, 0) is 49.8 Å². The van der Waals surface area contributed by atoms with E-state index in [1.807, 2.05) is 24.0 Å². The van der Waals surface area contributed by atoms with Gasteiger partial charge in [-0.2, -0.15) is 0 Å². The molecule has 1 aliphatic heterocycles. The summed E-state index contributed by atoms with van der Waals surface area (Å²) >= 11 is 5.89. The predicted octanol–water partition coefficient (Wildman–Crippen LogP) is 3.04. The second kappa shape index (κ2) is 7.20. The van der Waals surface area contributed by atoms with Crippen LogP contribution in [0, 0.1) is 11.8 Å². The number of halogens is 1. The first-order valence-corrected chi connectivity index (χ1v) is 8.82. The summed E-state index contributed by atoms with van der Waals surface area (Å²) in [4.78, 5) is 14.3. The molecule has 0 radical (unpaired) electrons. The molecular formula is C18H24ClNO3. The Bertz CT molecular complexity index is 540. The predicted molar refractivity (Wildman–Crippen MR) is 89.2 cm³/mol. The second-order valence-electron chi connectivity index (χ2n) is 6.50. The van der Waals surface area contributed by atoms with Crippen molar-refractivity contribution in [2.24, 2.45) is 11.8 Å². The Morgan fingerprint density at radius 3 is 2.61 bits per heavy atom. The van der Waals surface area contributed by atoms with Crippen molar-refractivity contribution in [2.45, 2.75) is 38.4 Å². The molecule has 1 aliphatic carbocycles. The van der Waals surface area contributed by atoms with E-state index in [0.717, 1.165) is 37.9 Å². The molecule has 1 saturated carbocycles. The van der Waals surface area contributed by atoms with Crippen LogP contribution in [0.3, 0.4) is 0 Å². The van der Waals surface area contributed by atoms with Gasteiger partial charge in [0.15, 0.2) is 0 Å². The minimum Gasteiger partial charge on any atom is -0.388 e. The van der Waals surface area contributed by atoms with E-state index in [4.69, 9.17) is 16.3 Å². The van der Waals surface area contributed by atoms with E-state index in [1.165, 1.54) is 0 Å². The van der Waals surface area contributed by atoms with E-state index in [9.17, 15) is 9.90 Å². The third kappa shape index (κ3) is 3.87. The molecule has 2 aliphatic rings. The maximum atomic E-state index is 12.4. The molecule has 1 N–H and O–H groups in total. The van der Waals surface area contributed by atoms with Crippen LogP contribution in [-0.2, 0) is 9.53 Å². The third-order valence-electron chi connectivity index (χ3n) is 4.94. The zero-order valence-corrected chi connectivity index (χ0v) is 14.2. The van der Waals surface area contributed by atoms with Crippen molar-refractivity contribution in [1.29, 1.82) is 0 Å². The quantitative estimate of drug-likeness (QED) is 0.898. The number of amides is 1. The zero-order valence-electron chi connectivity index (χ0n) is 13.5. The first-order chi connectivity index (χ1) is 11.1. The second-order valence-corrected chi connectivity index (χ2v) is 6.93. The van der Waals surface area contributed by atoms with Gasteiger partial charge in [-0.3, -0.25) is 4.79 Å². The molecule has 1 aromatic carbocycles. The van der Waals surface area contributed by atoms with Gasteiger partial charge in [-0.25, -0.2) is 0 Å². The van der Waals surface area contributed by atoms with Gasteiger partial charge in [0.1, 0.15) is 0 Å². The average molecular weight is 338 g/mol. The van der Waals surface area contributed by atoms with E-state index in [0.29, 0.717) is 11.6 Å². The number of hydrogen-bond donors (Lipinski definition) is 1. The zero-order chi connectivity index (χ0) is 16.4. The van der Waals surface area contributed by atoms with Crippen molar-refractivity contribution < 1.29 is 14.6 Å². The summed E-state index contributed by atoms with van der Waals surface area (Å²) in [6.07, 6.45) is 2.18. The number of aliphatic hydroxyl groups is 1. The molecule has 5 heteroatoms. The Hall–Kier alpha value is -1.10. The number of ether oxygens (including phenoxy) is 1. The molecule has 1 aromatic rings. The molecule has 2 fully saturated rings. The van der Waals surface area contributed by atoms with Crippen molar-refractivity contribution in [1.82, 2.24) is 4.90 Å². The molecule has 1 amide bonds. The number of hydrogen-bond acceptors (Lipinski definition) is 3. The number of carbonyl (C=O) groups excluding carboxylic acids is 1. The summed E-state index contributed by atoms with van der Waals surface area (Å²) in [6.45, 7) is 4.08. The standard InChI is InChI=1S/C18H24ClNO3/c1-2-23-16-11-15(16)18(22)20-9-7-13(8-10-20)17(21)12-3-5-14(19)6-4-12/h3-6,13,15-17,21H,2,7-11H2,1H3. The summed E-state index contributed by atoms with van der Waals surface area (Å²) < 4.78 is 5.51. The maximum absolute atomic E-state index is 12.4. The lowest BCUT2D eigenvalue weighted by Gasteiger charge is -2.34. The Kier molecular flexibility index (Phi) is 5.24. The molecule has 0 aromatic heterocycles. The highest BCUT2D eigenvalue weighted by atomic mass is 35.5. The maximum Gasteiger partial charge on any atom is 0.228 e. The lowest BCUT2D eigenvalue weighted by atomic mass is 9.87. The summed E-state index contributed by atoms with van der Waals surface area (Å²) in [5.41, 5.74) is 0.901. The minimum atomic E-state index is -0.485. The summed E-state index contributed by atoms with van der Waals surface area (Å²) in [7, 11) is 0. The Morgan fingerprint density at radius 2 is 2.00 bits per heavy atom. The van der Waals surface area contributed by atoms with Gasteiger partial charge >= 0.3 is 0 Å². The number of rotatable bonds is 5. The summed E-state index contributed by atoms with van der Waals surface area (Å²) in [6, 6.07) is 7.36. The third-order valence-corrected chi connectivity index (χ3v) is 5.19. The number of benzene rings is 1. The highest BCUT2D eigenvalue weighted by Crippen LogP contribution is 2.37. The van der Waals surface area contributed by atoms with Crippen LogP contribution in [0.15, 0.2) is 24.3 Å². The fourth-order valence-electron chi connectivity index (χ4n) is 3.43. The Morgan fingerprint density at radius 1 is 1.35 bits per heavy atom. The largest absolute Gasteiger partial charge is 0.388 e. The van der Waals surface area contributed by atoms with Crippen LogP contribution in [0.5, 0.6) is 0 Å². The van der Waals surface area contributed by atoms with E-state index in [1.54, 1.807) is 12.1 Å². The lowest BCUT2D eigenvalue weighted by molar-refractivity contribution is -0.135. The SMILES string of the molecule is CCOC1CC1C(=O)N1CCC(C(O)c2ccc(Cl)cc2)CC1. The Balaban J connectivity index is 1.50. The lowest BCUT2D eigenvalue weighted by Crippen LogP contribution is -2.41. The number of carbonyl (C=O) groups is 1. The van der Waals surface area contributed by atoms with Crippen molar-refractivity contribution in [2.75, 3.05) is 19.7 Å². The molecule has 4 nitrogen and oxygen atoms in total. The van der Waals surface area contributed by atoms with Crippen LogP contribution in [-0.4, -0.2) is 41.7 Å². The number of aliphatic hydroxyl groups excluding tert-OH is 1. The number of piperidine rings is 1. The van der Waals surface area contributed by atoms with Crippen molar-refractivity contribution >= 4 is 17.5 Å². The van der Waals surface area contributed by atoms with E-state index in [-0.39, 0.29) is 23.8 Å². The molecule has 1 saturated heterocycles. The smallest absolute Gasteiger partial charge is 0.228 e. The molecule has 126 valence electrons. The molecular weight excluding hydrogens is 314 g/mol. The molecule has 3 rings (SSSR count). The highest BCUT2D eigenvalue weighted by Gasteiger charge is 2.46. The summed E-state index contributed by atoms with van der Waals surface area (Å²) in [5, 5.41) is 11.2. The average Bonchev–Trinajstić information content (AvgIpc) is 3.34. The summed E-state index contributed by atoms with van der Waals surface area (Å²) in [5.74, 6) is 0.484. The van der Waals surface area contributed by atoms with Crippen LogP contribution in [0.4, 0.5) is 0 Å². The van der Waals surface area contributed by atoms with E-state index >= 15 is 0 Å². The highest BCUT2D eigenvalue weighted by molar-refractivity contribution is 6.30. The molecule has 3 unspecified atom stereocenters. The van der Waals surface area contributed by atoms with Gasteiger partial charge in [0.2, 0.25) is 5.91 Å². The molecule has 0 bridgehead atoms. The topological polar surface area (TPSA) is 49.8 Å². The van der Waals surface area contributed by atoms with E-state index < -0.39 is 6.10 Å². The van der Waals surface area contributed by atoms with Crippen molar-refractivity contribution in [3.8, 4) is 0 Å². The van der Waals surface area contributed by atoms with Crippen LogP contribution >= 0.6 is 11.6 Å². The van der Waals surface area contributed by atoms with Crippen LogP contribution < -0.4 is 0 Å². The molecule has 23 heavy (non-hydrogen) atoms. The first kappa shape index (κ1) is 16.7. The van der Waals surface area contributed by atoms with Gasteiger partial charge in [-0.1, -0.05) is 23.7 Å². The van der Waals surface area contributed by atoms with Crippen LogP contribution in [0.2, 0.25) is 5.02 Å². The minimum absolute atomic E-state index is 0.0627. The van der Waals surface area contributed by atoms with Gasteiger partial charge in [0, 0.05) is 24.7 Å². The Labute approximate surface area is 142 Å². The molecule has 0 spiro atoms. The normalized spacial score (nSPS) is 26.1.